The van der Waals surface area contributed by atoms with Crippen LogP contribution in [-0.4, -0.2) is 69.6 Å². The van der Waals surface area contributed by atoms with Gasteiger partial charge >= 0.3 is 6.03 Å². The van der Waals surface area contributed by atoms with E-state index < -0.39 is 48.7 Å². The van der Waals surface area contributed by atoms with Crippen molar-refractivity contribution in [2.24, 2.45) is 0 Å². The molecular formula is C25H26FIN4O6. The largest absolute Gasteiger partial charge is 0.491 e. The van der Waals surface area contributed by atoms with Crippen molar-refractivity contribution in [2.75, 3.05) is 20.3 Å². The Balaban J connectivity index is 1.58. The van der Waals surface area contributed by atoms with Crippen molar-refractivity contribution in [3.63, 3.8) is 0 Å². The molecule has 1 saturated heterocycles. The van der Waals surface area contributed by atoms with E-state index in [0.29, 0.717) is 22.6 Å². The minimum absolute atomic E-state index is 0.0868. The van der Waals surface area contributed by atoms with E-state index in [1.54, 1.807) is 43.3 Å². The van der Waals surface area contributed by atoms with Gasteiger partial charge in [-0.3, -0.25) is 4.79 Å². The highest BCUT2D eigenvalue weighted by atomic mass is 127. The summed E-state index contributed by atoms with van der Waals surface area (Å²) in [6.45, 7) is 1.20. The zero-order chi connectivity index (χ0) is 26.7. The Labute approximate surface area is 225 Å². The molecule has 1 aliphatic heterocycles. The number of aromatic nitrogens is 2. The number of methoxy groups -OCH3 is 1. The van der Waals surface area contributed by atoms with Crippen LogP contribution in [0.15, 0.2) is 48.7 Å². The van der Waals surface area contributed by atoms with Gasteiger partial charge in [0.15, 0.2) is 0 Å². The monoisotopic (exact) mass is 624 g/mol. The van der Waals surface area contributed by atoms with Crippen LogP contribution in [0, 0.1) is 9.39 Å². The maximum absolute atomic E-state index is 14.5. The molecule has 1 unspecified atom stereocenters. The van der Waals surface area contributed by atoms with Crippen LogP contribution in [0.1, 0.15) is 30.4 Å². The van der Waals surface area contributed by atoms with E-state index in [2.05, 4.69) is 15.3 Å². The number of aliphatic hydroxyl groups is 2. The average molecular weight is 624 g/mol. The summed E-state index contributed by atoms with van der Waals surface area (Å²) in [4.78, 5) is 34.9. The molecule has 4 rings (SSSR count). The van der Waals surface area contributed by atoms with Gasteiger partial charge in [-0.1, -0.05) is 12.1 Å². The van der Waals surface area contributed by atoms with Crippen molar-refractivity contribution in [3.05, 3.63) is 69.4 Å². The summed E-state index contributed by atoms with van der Waals surface area (Å²) in [5.74, 6) is -0.215. The van der Waals surface area contributed by atoms with Gasteiger partial charge < -0.3 is 30.0 Å². The molecule has 3 aromatic rings. The number of imide groups is 1. The topological polar surface area (TPSA) is 137 Å². The smallest absolute Gasteiger partial charge is 0.325 e. The number of benzene rings is 2. The van der Waals surface area contributed by atoms with Gasteiger partial charge in [0.2, 0.25) is 0 Å². The Kier molecular flexibility index (Phi) is 8.42. The average Bonchev–Trinajstić information content (AvgIpc) is 3.48. The molecule has 12 heteroatoms. The SMILES string of the molecule is CO[C@H](C)[C@@H](c1ncc(-c2ccc(I)cc2F)[nH]1)N1C(=O)NC(c2ccc(OC[C@H](O)CO)cc2)C1=O. The Morgan fingerprint density at radius 1 is 1.22 bits per heavy atom. The molecule has 0 saturated carbocycles. The highest BCUT2D eigenvalue weighted by Crippen LogP contribution is 2.34. The third-order valence-corrected chi connectivity index (χ3v) is 6.70. The second kappa shape index (κ2) is 11.5. The first-order chi connectivity index (χ1) is 17.7. The molecule has 2 heterocycles. The number of hydrogen-bond acceptors (Lipinski definition) is 7. The molecule has 196 valence electrons. The van der Waals surface area contributed by atoms with E-state index in [4.69, 9.17) is 14.6 Å². The Morgan fingerprint density at radius 2 is 1.95 bits per heavy atom. The molecule has 1 fully saturated rings. The standard InChI is InChI=1S/C25H26FIN4O6/c1-13(36-2)22(23-28-10-20(29-23)18-8-5-15(27)9-19(18)26)31-24(34)21(30-25(31)35)14-3-6-17(7-4-14)37-12-16(33)11-32/h3-10,13,16,21-22,32-33H,11-12H2,1-2H3,(H,28,29)(H,30,35)/t13-,16-,21?,22+/m1/s1. The number of nitrogens with zero attached hydrogens (tertiary/aromatic N) is 2. The molecule has 3 amide bonds. The lowest BCUT2D eigenvalue weighted by Crippen LogP contribution is -2.41. The lowest BCUT2D eigenvalue weighted by Gasteiger charge is -2.28. The van der Waals surface area contributed by atoms with Crippen LogP contribution in [-0.2, 0) is 9.53 Å². The number of nitrogens with one attached hydrogen (secondary N) is 2. The molecule has 2 aromatic carbocycles. The lowest BCUT2D eigenvalue weighted by atomic mass is 10.1. The van der Waals surface area contributed by atoms with Gasteiger partial charge in [0, 0.05) is 16.2 Å². The van der Waals surface area contributed by atoms with Crippen molar-refractivity contribution < 1.29 is 33.7 Å². The Morgan fingerprint density at radius 3 is 2.59 bits per heavy atom. The summed E-state index contributed by atoms with van der Waals surface area (Å²) in [5.41, 5.74) is 1.25. The van der Waals surface area contributed by atoms with E-state index >= 15 is 0 Å². The number of carbonyl (C=O) groups excluding carboxylic acids is 2. The fraction of sp³-hybridized carbons (Fsp3) is 0.320. The van der Waals surface area contributed by atoms with Gasteiger partial charge in [0.1, 0.15) is 42.2 Å². The maximum Gasteiger partial charge on any atom is 0.325 e. The minimum atomic E-state index is -1.01. The zero-order valence-corrected chi connectivity index (χ0v) is 22.2. The third kappa shape index (κ3) is 5.76. The molecule has 0 radical (unpaired) electrons. The molecule has 10 nitrogen and oxygen atoms in total. The second-order valence-corrected chi connectivity index (χ2v) is 9.74. The molecule has 0 aliphatic carbocycles. The van der Waals surface area contributed by atoms with Crippen molar-refractivity contribution in [3.8, 4) is 17.0 Å². The van der Waals surface area contributed by atoms with Crippen LogP contribution in [0.3, 0.4) is 0 Å². The van der Waals surface area contributed by atoms with Crippen LogP contribution in [0.25, 0.3) is 11.3 Å². The number of rotatable bonds is 10. The first-order valence-electron chi connectivity index (χ1n) is 11.4. The van der Waals surface area contributed by atoms with Crippen molar-refractivity contribution in [2.45, 2.75) is 31.2 Å². The molecule has 4 atom stereocenters. The lowest BCUT2D eigenvalue weighted by molar-refractivity contribution is -0.131. The fourth-order valence-electron chi connectivity index (χ4n) is 4.00. The van der Waals surface area contributed by atoms with Crippen molar-refractivity contribution in [1.29, 1.82) is 0 Å². The molecule has 0 bridgehead atoms. The van der Waals surface area contributed by atoms with Crippen LogP contribution in [0.5, 0.6) is 5.75 Å². The number of H-pyrrole nitrogens is 1. The highest BCUT2D eigenvalue weighted by Gasteiger charge is 2.46. The summed E-state index contributed by atoms with van der Waals surface area (Å²) >= 11 is 2.02. The molecule has 37 heavy (non-hydrogen) atoms. The number of aliphatic hydroxyl groups excluding tert-OH is 2. The molecule has 1 aromatic heterocycles. The summed E-state index contributed by atoms with van der Waals surface area (Å²) in [7, 11) is 1.46. The quantitative estimate of drug-likeness (QED) is 0.201. The van der Waals surface area contributed by atoms with Gasteiger partial charge in [-0.2, -0.15) is 0 Å². The van der Waals surface area contributed by atoms with E-state index in [1.807, 2.05) is 22.6 Å². The van der Waals surface area contributed by atoms with E-state index in [9.17, 15) is 19.1 Å². The highest BCUT2D eigenvalue weighted by molar-refractivity contribution is 14.1. The number of ether oxygens (including phenoxy) is 2. The predicted octanol–water partition coefficient (Wildman–Crippen LogP) is 2.92. The number of hydrogen-bond donors (Lipinski definition) is 4. The van der Waals surface area contributed by atoms with Crippen LogP contribution in [0.2, 0.25) is 0 Å². The predicted molar refractivity (Wildman–Crippen MR) is 139 cm³/mol. The molecule has 4 N–H and O–H groups in total. The molecule has 0 spiro atoms. The zero-order valence-electron chi connectivity index (χ0n) is 20.0. The maximum atomic E-state index is 14.5. The van der Waals surface area contributed by atoms with Gasteiger partial charge in [0.25, 0.3) is 5.91 Å². The fourth-order valence-corrected chi connectivity index (χ4v) is 4.45. The van der Waals surface area contributed by atoms with E-state index in [1.165, 1.54) is 19.4 Å². The van der Waals surface area contributed by atoms with Crippen molar-refractivity contribution in [1.82, 2.24) is 20.2 Å². The summed E-state index contributed by atoms with van der Waals surface area (Å²) < 4.78 is 26.1. The number of urea groups is 1. The molecule has 1 aliphatic rings. The minimum Gasteiger partial charge on any atom is -0.491 e. The van der Waals surface area contributed by atoms with Crippen molar-refractivity contribution >= 4 is 34.5 Å². The number of carbonyl (C=O) groups is 2. The second-order valence-electron chi connectivity index (χ2n) is 8.50. The summed E-state index contributed by atoms with van der Waals surface area (Å²) in [5, 5.41) is 21.0. The van der Waals surface area contributed by atoms with Gasteiger partial charge in [0.05, 0.1) is 24.6 Å². The normalized spacial score (nSPS) is 18.0. The Hall–Kier alpha value is -3.07. The van der Waals surface area contributed by atoms with Gasteiger partial charge in [-0.25, -0.2) is 19.1 Å². The molecular weight excluding hydrogens is 598 g/mol. The first-order valence-corrected chi connectivity index (χ1v) is 12.5. The van der Waals surface area contributed by atoms with Crippen LogP contribution in [0.4, 0.5) is 9.18 Å². The van der Waals surface area contributed by atoms with Crippen LogP contribution >= 0.6 is 22.6 Å². The number of imidazole rings is 1. The first kappa shape index (κ1) is 27.0. The number of halogens is 2. The summed E-state index contributed by atoms with van der Waals surface area (Å²) in [6.07, 6.45) is -0.172. The number of aromatic amines is 1. The van der Waals surface area contributed by atoms with Gasteiger partial charge in [-0.05, 0) is 65.4 Å². The third-order valence-electron chi connectivity index (χ3n) is 6.03. The van der Waals surface area contributed by atoms with E-state index in [0.717, 1.165) is 8.47 Å². The Bertz CT molecular complexity index is 1270. The summed E-state index contributed by atoms with van der Waals surface area (Å²) in [6, 6.07) is 8.80. The van der Waals surface area contributed by atoms with E-state index in [-0.39, 0.29) is 12.4 Å². The van der Waals surface area contributed by atoms with Crippen LogP contribution < -0.4 is 10.1 Å². The number of amides is 3. The van der Waals surface area contributed by atoms with Gasteiger partial charge in [-0.15, -0.1) is 0 Å².